The van der Waals surface area contributed by atoms with Crippen LogP contribution in [0.3, 0.4) is 0 Å². The van der Waals surface area contributed by atoms with E-state index in [1.807, 2.05) is 53.5 Å². The number of hydrogen-bond acceptors (Lipinski definition) is 2. The van der Waals surface area contributed by atoms with Crippen LogP contribution in [0.4, 0.5) is 5.69 Å². The van der Waals surface area contributed by atoms with Gasteiger partial charge in [0.25, 0.3) is 0 Å². The van der Waals surface area contributed by atoms with E-state index in [0.717, 1.165) is 11.3 Å². The van der Waals surface area contributed by atoms with Gasteiger partial charge in [0, 0.05) is 25.0 Å². The van der Waals surface area contributed by atoms with Crippen molar-refractivity contribution in [2.45, 2.75) is 19.9 Å². The molecule has 0 aliphatic heterocycles. The second kappa shape index (κ2) is 5.40. The van der Waals surface area contributed by atoms with Crippen molar-refractivity contribution < 1.29 is 4.79 Å². The van der Waals surface area contributed by atoms with Crippen LogP contribution in [-0.2, 0) is 4.79 Å². The smallest absolute Gasteiger partial charge is 0.221 e. The summed E-state index contributed by atoms with van der Waals surface area (Å²) in [6, 6.07) is 11.9. The minimum Gasteiger partial charge on any atom is -0.326 e. The number of carbonyl (C=O) groups excluding carboxylic acids is 1. The normalized spacial score (nSPS) is 11.9. The van der Waals surface area contributed by atoms with Gasteiger partial charge in [-0.2, -0.15) is 0 Å². The number of benzene rings is 1. The van der Waals surface area contributed by atoms with E-state index in [-0.39, 0.29) is 11.9 Å². The van der Waals surface area contributed by atoms with Gasteiger partial charge < -0.3 is 10.7 Å². The van der Waals surface area contributed by atoms with Crippen molar-refractivity contribution in [3.05, 3.63) is 54.4 Å². The first-order valence-corrected chi connectivity index (χ1v) is 5.92. The molecule has 0 spiro atoms. The Morgan fingerprint density at radius 1 is 1.22 bits per heavy atom. The second-order valence-corrected chi connectivity index (χ2v) is 4.25. The largest absolute Gasteiger partial charge is 0.326 e. The van der Waals surface area contributed by atoms with E-state index in [0.29, 0.717) is 0 Å². The molecule has 2 rings (SSSR count). The van der Waals surface area contributed by atoms with Gasteiger partial charge in [0.15, 0.2) is 0 Å². The number of nitrogens with one attached hydrogen (secondary N) is 2. The van der Waals surface area contributed by atoms with E-state index < -0.39 is 0 Å². The summed E-state index contributed by atoms with van der Waals surface area (Å²) in [5.74, 6) is -0.0572. The third-order valence-corrected chi connectivity index (χ3v) is 2.65. The van der Waals surface area contributed by atoms with Crippen LogP contribution in [0.15, 0.2) is 48.8 Å². The average Bonchev–Trinajstić information content (AvgIpc) is 2.81. The molecule has 94 valence electrons. The Balaban J connectivity index is 2.10. The van der Waals surface area contributed by atoms with E-state index in [1.54, 1.807) is 0 Å². The zero-order valence-electron chi connectivity index (χ0n) is 10.6. The molecule has 2 N–H and O–H groups in total. The van der Waals surface area contributed by atoms with Crippen LogP contribution in [-0.4, -0.2) is 10.6 Å². The van der Waals surface area contributed by atoms with Crippen LogP contribution < -0.4 is 10.7 Å². The molecule has 4 heteroatoms. The monoisotopic (exact) mass is 243 g/mol. The number of carbonyl (C=O) groups is 1. The van der Waals surface area contributed by atoms with E-state index >= 15 is 0 Å². The van der Waals surface area contributed by atoms with Gasteiger partial charge in [-0.3, -0.25) is 9.47 Å². The van der Waals surface area contributed by atoms with E-state index in [9.17, 15) is 4.79 Å². The van der Waals surface area contributed by atoms with E-state index in [1.165, 1.54) is 6.92 Å². The topological polar surface area (TPSA) is 46.1 Å². The van der Waals surface area contributed by atoms with Crippen molar-refractivity contribution in [3.8, 4) is 0 Å². The molecular formula is C14H17N3O. The van der Waals surface area contributed by atoms with Gasteiger partial charge in [0.2, 0.25) is 5.91 Å². The number of anilines is 1. The second-order valence-electron chi connectivity index (χ2n) is 4.25. The molecule has 18 heavy (non-hydrogen) atoms. The van der Waals surface area contributed by atoms with Crippen LogP contribution >= 0.6 is 0 Å². The summed E-state index contributed by atoms with van der Waals surface area (Å²) >= 11 is 0. The van der Waals surface area contributed by atoms with Crippen molar-refractivity contribution in [1.29, 1.82) is 0 Å². The Morgan fingerprint density at radius 3 is 2.61 bits per heavy atom. The standard InChI is InChI=1S/C14H17N3O/c1-11(16-17-8-3-4-9-17)13-6-5-7-14(10-13)15-12(2)18/h3-11,16H,1-2H3,(H,15,18). The maximum Gasteiger partial charge on any atom is 0.221 e. The van der Waals surface area contributed by atoms with Crippen LogP contribution in [0.1, 0.15) is 25.5 Å². The third kappa shape index (κ3) is 3.13. The summed E-state index contributed by atoms with van der Waals surface area (Å²) in [5.41, 5.74) is 5.26. The summed E-state index contributed by atoms with van der Waals surface area (Å²) in [4.78, 5) is 11.0. The van der Waals surface area contributed by atoms with Crippen LogP contribution in [0, 0.1) is 0 Å². The fraction of sp³-hybridized carbons (Fsp3) is 0.214. The lowest BCUT2D eigenvalue weighted by Crippen LogP contribution is -2.17. The van der Waals surface area contributed by atoms with Crippen LogP contribution in [0.25, 0.3) is 0 Å². The molecule has 1 aromatic carbocycles. The summed E-state index contributed by atoms with van der Waals surface area (Å²) in [7, 11) is 0. The minimum absolute atomic E-state index is 0.0572. The van der Waals surface area contributed by atoms with Gasteiger partial charge in [-0.1, -0.05) is 12.1 Å². The fourth-order valence-corrected chi connectivity index (χ4v) is 1.81. The Bertz CT molecular complexity index is 520. The first-order valence-electron chi connectivity index (χ1n) is 5.92. The molecule has 1 amide bonds. The van der Waals surface area contributed by atoms with Crippen molar-refractivity contribution in [2.75, 3.05) is 10.7 Å². The number of amides is 1. The molecule has 0 radical (unpaired) electrons. The van der Waals surface area contributed by atoms with Gasteiger partial charge in [0.05, 0.1) is 6.04 Å². The lowest BCUT2D eigenvalue weighted by atomic mass is 10.1. The van der Waals surface area contributed by atoms with Gasteiger partial charge in [-0.05, 0) is 36.8 Å². The summed E-state index contributed by atoms with van der Waals surface area (Å²) in [6.07, 6.45) is 3.91. The minimum atomic E-state index is -0.0572. The van der Waals surface area contributed by atoms with Gasteiger partial charge in [-0.15, -0.1) is 0 Å². The molecule has 1 atom stereocenters. The highest BCUT2D eigenvalue weighted by atomic mass is 16.1. The van der Waals surface area contributed by atoms with E-state index in [2.05, 4.69) is 17.7 Å². The zero-order chi connectivity index (χ0) is 13.0. The molecule has 0 aliphatic rings. The molecule has 1 aromatic heterocycles. The molecule has 0 bridgehead atoms. The Labute approximate surface area is 107 Å². The predicted molar refractivity (Wildman–Crippen MR) is 73.0 cm³/mol. The van der Waals surface area contributed by atoms with Crippen LogP contribution in [0.2, 0.25) is 0 Å². The Morgan fingerprint density at radius 2 is 1.94 bits per heavy atom. The maximum atomic E-state index is 11.0. The molecule has 4 nitrogen and oxygen atoms in total. The lowest BCUT2D eigenvalue weighted by molar-refractivity contribution is -0.114. The average molecular weight is 243 g/mol. The third-order valence-electron chi connectivity index (χ3n) is 2.65. The first kappa shape index (κ1) is 12.2. The van der Waals surface area contributed by atoms with Crippen molar-refractivity contribution in [1.82, 2.24) is 4.68 Å². The number of aromatic nitrogens is 1. The lowest BCUT2D eigenvalue weighted by Gasteiger charge is -2.17. The molecule has 2 aromatic rings. The van der Waals surface area contributed by atoms with Gasteiger partial charge in [0.1, 0.15) is 0 Å². The molecular weight excluding hydrogens is 226 g/mol. The molecule has 0 fully saturated rings. The first-order chi connectivity index (χ1) is 8.65. The van der Waals surface area contributed by atoms with Crippen molar-refractivity contribution in [3.63, 3.8) is 0 Å². The van der Waals surface area contributed by atoms with Crippen LogP contribution in [0.5, 0.6) is 0 Å². The van der Waals surface area contributed by atoms with Crippen molar-refractivity contribution >= 4 is 11.6 Å². The Kier molecular flexibility index (Phi) is 3.67. The fourth-order valence-electron chi connectivity index (χ4n) is 1.81. The molecule has 0 saturated carbocycles. The maximum absolute atomic E-state index is 11.0. The molecule has 1 heterocycles. The SMILES string of the molecule is CC(=O)Nc1cccc(C(C)Nn2cccc2)c1. The van der Waals surface area contributed by atoms with Gasteiger partial charge in [-0.25, -0.2) is 0 Å². The predicted octanol–water partition coefficient (Wildman–Crippen LogP) is 2.75. The summed E-state index contributed by atoms with van der Waals surface area (Å²) < 4.78 is 1.91. The molecule has 0 aliphatic carbocycles. The quantitative estimate of drug-likeness (QED) is 0.867. The number of rotatable bonds is 4. The molecule has 1 unspecified atom stereocenters. The highest BCUT2D eigenvalue weighted by molar-refractivity contribution is 5.88. The van der Waals surface area contributed by atoms with E-state index in [4.69, 9.17) is 0 Å². The van der Waals surface area contributed by atoms with Crippen molar-refractivity contribution in [2.24, 2.45) is 0 Å². The number of hydrogen-bond donors (Lipinski definition) is 2. The molecule has 0 saturated heterocycles. The highest BCUT2D eigenvalue weighted by Gasteiger charge is 2.05. The Hall–Kier alpha value is -2.23. The van der Waals surface area contributed by atoms with Gasteiger partial charge >= 0.3 is 0 Å². The zero-order valence-corrected chi connectivity index (χ0v) is 10.6. The highest BCUT2D eigenvalue weighted by Crippen LogP contribution is 2.18. The number of nitrogens with zero attached hydrogens (tertiary/aromatic N) is 1. The summed E-state index contributed by atoms with van der Waals surface area (Å²) in [6.45, 7) is 3.58. The summed E-state index contributed by atoms with van der Waals surface area (Å²) in [5, 5.41) is 2.79.